The molecule has 1 N–H and O–H groups in total. The zero-order chi connectivity index (χ0) is 15.9. The monoisotopic (exact) mass is 316 g/mol. The molecule has 2 heterocycles. The van der Waals surface area contributed by atoms with Gasteiger partial charge in [-0.15, -0.1) is 0 Å². The van der Waals surface area contributed by atoms with Gasteiger partial charge in [-0.05, 0) is 48.4 Å². The maximum Gasteiger partial charge on any atom is 0.250 e. The summed E-state index contributed by atoms with van der Waals surface area (Å²) >= 11 is 0. The van der Waals surface area contributed by atoms with E-state index in [0.717, 1.165) is 63.6 Å². The zero-order valence-corrected chi connectivity index (χ0v) is 13.4. The summed E-state index contributed by atoms with van der Waals surface area (Å²) in [5.74, 6) is 0.816. The maximum atomic E-state index is 8.82. The molecule has 1 saturated heterocycles. The van der Waals surface area contributed by atoms with Crippen LogP contribution in [0.4, 0.5) is 5.95 Å². The van der Waals surface area contributed by atoms with E-state index in [2.05, 4.69) is 25.3 Å². The van der Waals surface area contributed by atoms with Crippen LogP contribution in [0.25, 0.3) is 5.69 Å². The van der Waals surface area contributed by atoms with Crippen LogP contribution >= 0.6 is 0 Å². The topological polar surface area (TPSA) is 70.3 Å². The Balaban J connectivity index is 1.56. The van der Waals surface area contributed by atoms with Crippen LogP contribution in [0.3, 0.4) is 0 Å². The Labute approximate surface area is 136 Å². The first-order valence-corrected chi connectivity index (χ1v) is 8.30. The third-order valence-electron chi connectivity index (χ3n) is 4.24. The van der Waals surface area contributed by atoms with Crippen molar-refractivity contribution >= 4 is 5.95 Å². The molecule has 3 rings (SSSR count). The quantitative estimate of drug-likeness (QED) is 0.767. The molecule has 23 heavy (non-hydrogen) atoms. The number of aliphatic hydroxyl groups excluding tert-OH is 1. The second-order valence-electron chi connectivity index (χ2n) is 5.84. The van der Waals surface area contributed by atoms with Crippen molar-refractivity contribution in [3.05, 3.63) is 30.3 Å². The number of nitrogens with zero attached hydrogens (tertiary/aromatic N) is 6. The molecule has 0 spiro atoms. The molecule has 0 aliphatic carbocycles. The van der Waals surface area contributed by atoms with Crippen molar-refractivity contribution < 1.29 is 5.11 Å². The second kappa shape index (κ2) is 8.03. The molecule has 1 aliphatic heterocycles. The smallest absolute Gasteiger partial charge is 0.250 e. The van der Waals surface area contributed by atoms with Crippen LogP contribution in [0, 0.1) is 0 Å². The second-order valence-corrected chi connectivity index (χ2v) is 5.84. The molecule has 1 aromatic heterocycles. The van der Waals surface area contributed by atoms with Crippen LogP contribution < -0.4 is 4.90 Å². The van der Waals surface area contributed by atoms with E-state index in [1.165, 1.54) is 0 Å². The first-order valence-electron chi connectivity index (χ1n) is 8.30. The van der Waals surface area contributed by atoms with Crippen molar-refractivity contribution in [2.24, 2.45) is 0 Å². The molecule has 1 aromatic carbocycles. The number of para-hydroxylation sites is 1. The van der Waals surface area contributed by atoms with Crippen LogP contribution in [0.5, 0.6) is 0 Å². The van der Waals surface area contributed by atoms with Gasteiger partial charge in [0.15, 0.2) is 0 Å². The molecule has 0 amide bonds. The summed E-state index contributed by atoms with van der Waals surface area (Å²) in [6, 6.07) is 9.99. The van der Waals surface area contributed by atoms with Crippen molar-refractivity contribution in [1.29, 1.82) is 0 Å². The van der Waals surface area contributed by atoms with E-state index in [9.17, 15) is 0 Å². The minimum atomic E-state index is 0.302. The van der Waals surface area contributed by atoms with Gasteiger partial charge in [0.2, 0.25) is 5.95 Å². The van der Waals surface area contributed by atoms with E-state index in [1.54, 1.807) is 4.68 Å². The fraction of sp³-hybridized carbons (Fsp3) is 0.562. The van der Waals surface area contributed by atoms with Gasteiger partial charge in [0.1, 0.15) is 0 Å². The molecule has 1 fully saturated rings. The minimum absolute atomic E-state index is 0.302. The lowest BCUT2D eigenvalue weighted by Crippen LogP contribution is -2.47. The van der Waals surface area contributed by atoms with Gasteiger partial charge in [0, 0.05) is 32.8 Å². The molecule has 0 radical (unpaired) electrons. The summed E-state index contributed by atoms with van der Waals surface area (Å²) in [5, 5.41) is 21.0. The summed E-state index contributed by atoms with van der Waals surface area (Å²) in [5.41, 5.74) is 0.985. The molecule has 7 heteroatoms. The molecular weight excluding hydrogens is 292 g/mol. The minimum Gasteiger partial charge on any atom is -0.396 e. The molecule has 124 valence electrons. The Bertz CT molecular complexity index is 579. The predicted molar refractivity (Wildman–Crippen MR) is 88.7 cm³/mol. The highest BCUT2D eigenvalue weighted by molar-refractivity contribution is 5.40. The van der Waals surface area contributed by atoms with Crippen molar-refractivity contribution in [3.63, 3.8) is 0 Å². The number of benzene rings is 1. The SMILES string of the molecule is OCCCCCN1CCN(c2nnnn2-c2ccccc2)CC1. The highest BCUT2D eigenvalue weighted by Crippen LogP contribution is 2.17. The first-order chi connectivity index (χ1) is 11.4. The molecular formula is C16H24N6O. The highest BCUT2D eigenvalue weighted by atomic mass is 16.2. The third kappa shape index (κ3) is 4.05. The normalized spacial score (nSPS) is 16.0. The Kier molecular flexibility index (Phi) is 5.55. The number of aliphatic hydroxyl groups is 1. The maximum absolute atomic E-state index is 8.82. The summed E-state index contributed by atoms with van der Waals surface area (Å²) in [4.78, 5) is 4.72. The molecule has 2 aromatic rings. The lowest BCUT2D eigenvalue weighted by molar-refractivity contribution is 0.241. The molecule has 0 saturated carbocycles. The first kappa shape index (κ1) is 15.9. The average Bonchev–Trinajstić information content (AvgIpc) is 3.10. The van der Waals surface area contributed by atoms with E-state index in [4.69, 9.17) is 5.11 Å². The summed E-state index contributed by atoms with van der Waals surface area (Å²) in [6.45, 7) is 5.34. The van der Waals surface area contributed by atoms with Crippen molar-refractivity contribution in [3.8, 4) is 5.69 Å². The Morgan fingerprint density at radius 1 is 0.957 bits per heavy atom. The highest BCUT2D eigenvalue weighted by Gasteiger charge is 2.21. The van der Waals surface area contributed by atoms with Crippen molar-refractivity contribution in [1.82, 2.24) is 25.1 Å². The van der Waals surface area contributed by atoms with Crippen molar-refractivity contribution in [2.45, 2.75) is 19.3 Å². The molecule has 0 bridgehead atoms. The molecule has 0 unspecified atom stereocenters. The fourth-order valence-corrected chi connectivity index (χ4v) is 2.91. The summed E-state index contributed by atoms with van der Waals surface area (Å²) < 4.78 is 1.80. The lowest BCUT2D eigenvalue weighted by atomic mass is 10.2. The van der Waals surface area contributed by atoms with Crippen LogP contribution in [-0.4, -0.2) is 69.5 Å². The van der Waals surface area contributed by atoms with Gasteiger partial charge in [-0.2, -0.15) is 4.68 Å². The summed E-state index contributed by atoms with van der Waals surface area (Å²) in [6.07, 6.45) is 3.16. The van der Waals surface area contributed by atoms with Gasteiger partial charge in [0.25, 0.3) is 0 Å². The zero-order valence-electron chi connectivity index (χ0n) is 13.4. The van der Waals surface area contributed by atoms with Crippen LogP contribution in [0.15, 0.2) is 30.3 Å². The van der Waals surface area contributed by atoms with Crippen LogP contribution in [-0.2, 0) is 0 Å². The number of anilines is 1. The largest absolute Gasteiger partial charge is 0.396 e. The van der Waals surface area contributed by atoms with Gasteiger partial charge < -0.3 is 10.0 Å². The van der Waals surface area contributed by atoms with Gasteiger partial charge >= 0.3 is 0 Å². The number of hydrogen-bond donors (Lipinski definition) is 1. The van der Waals surface area contributed by atoms with Gasteiger partial charge in [-0.3, -0.25) is 4.90 Å². The summed E-state index contributed by atoms with van der Waals surface area (Å²) in [7, 11) is 0. The van der Waals surface area contributed by atoms with E-state index in [-0.39, 0.29) is 0 Å². The van der Waals surface area contributed by atoms with Gasteiger partial charge in [0.05, 0.1) is 5.69 Å². The van der Waals surface area contributed by atoms with Crippen molar-refractivity contribution in [2.75, 3.05) is 44.2 Å². The third-order valence-corrected chi connectivity index (χ3v) is 4.24. The Hall–Kier alpha value is -1.99. The molecule has 1 aliphatic rings. The Morgan fingerprint density at radius 3 is 2.48 bits per heavy atom. The number of piperazine rings is 1. The number of aromatic nitrogens is 4. The average molecular weight is 316 g/mol. The van der Waals surface area contributed by atoms with E-state index < -0.39 is 0 Å². The molecule has 0 atom stereocenters. The number of hydrogen-bond acceptors (Lipinski definition) is 6. The van der Waals surface area contributed by atoms with Crippen LogP contribution in [0.1, 0.15) is 19.3 Å². The van der Waals surface area contributed by atoms with Gasteiger partial charge in [-0.1, -0.05) is 23.3 Å². The van der Waals surface area contributed by atoms with E-state index in [0.29, 0.717) is 6.61 Å². The number of rotatable bonds is 7. The predicted octanol–water partition coefficient (Wildman–Crippen LogP) is 0.947. The van der Waals surface area contributed by atoms with Crippen LogP contribution in [0.2, 0.25) is 0 Å². The standard InChI is InChI=1S/C16H24N6O/c23-14-6-2-5-9-20-10-12-21(13-11-20)16-17-18-19-22(16)15-7-3-1-4-8-15/h1,3-4,7-8,23H,2,5-6,9-14H2. The number of unbranched alkanes of at least 4 members (excludes halogenated alkanes) is 2. The van der Waals surface area contributed by atoms with E-state index >= 15 is 0 Å². The van der Waals surface area contributed by atoms with E-state index in [1.807, 2.05) is 30.3 Å². The lowest BCUT2D eigenvalue weighted by Gasteiger charge is -2.34. The van der Waals surface area contributed by atoms with Gasteiger partial charge in [-0.25, -0.2) is 0 Å². The number of tetrazole rings is 1. The molecule has 7 nitrogen and oxygen atoms in total. The Morgan fingerprint density at radius 2 is 1.74 bits per heavy atom. The fourth-order valence-electron chi connectivity index (χ4n) is 2.91.